The summed E-state index contributed by atoms with van der Waals surface area (Å²) in [7, 11) is 0. The molecule has 6 heteroatoms. The molecular formula is C25H27ClN4S. The molecule has 1 saturated carbocycles. The lowest BCUT2D eigenvalue weighted by molar-refractivity contribution is 0.245. The van der Waals surface area contributed by atoms with Gasteiger partial charge >= 0.3 is 0 Å². The third kappa shape index (κ3) is 3.64. The molecule has 1 saturated heterocycles. The molecule has 1 N–H and O–H groups in total. The largest absolute Gasteiger partial charge is 0.352 e. The summed E-state index contributed by atoms with van der Waals surface area (Å²) in [6.45, 7) is 4.38. The Kier molecular flexibility index (Phi) is 5.49. The molecule has 0 spiro atoms. The summed E-state index contributed by atoms with van der Waals surface area (Å²) < 4.78 is 2.31. The van der Waals surface area contributed by atoms with Crippen molar-refractivity contribution in [3.05, 3.63) is 82.4 Å². The maximum Gasteiger partial charge on any atom is 0.170 e. The zero-order chi connectivity index (χ0) is 21.5. The molecule has 3 aromatic rings. The SMILES string of the molecule is Cc1cc(C2C(c3ccccn3)NC(=S)N2C2CCCC2)c(C)n1-c1ccc(Cl)cc1. The average Bonchev–Trinajstić information content (AvgIpc) is 3.48. The van der Waals surface area contributed by atoms with Gasteiger partial charge in [-0.3, -0.25) is 4.98 Å². The average molecular weight is 451 g/mol. The maximum absolute atomic E-state index is 6.14. The smallest absolute Gasteiger partial charge is 0.170 e. The van der Waals surface area contributed by atoms with Crippen LogP contribution >= 0.6 is 23.8 Å². The van der Waals surface area contributed by atoms with Crippen LogP contribution in [0.15, 0.2) is 54.7 Å². The van der Waals surface area contributed by atoms with Crippen molar-refractivity contribution < 1.29 is 0 Å². The van der Waals surface area contributed by atoms with Crippen molar-refractivity contribution >= 4 is 28.9 Å². The number of nitrogens with one attached hydrogen (secondary N) is 1. The van der Waals surface area contributed by atoms with E-state index in [0.717, 1.165) is 21.5 Å². The van der Waals surface area contributed by atoms with Gasteiger partial charge in [0.1, 0.15) is 0 Å². The van der Waals surface area contributed by atoms with Gasteiger partial charge in [0.25, 0.3) is 0 Å². The van der Waals surface area contributed by atoms with Crippen molar-refractivity contribution in [1.29, 1.82) is 0 Å². The topological polar surface area (TPSA) is 33.1 Å². The third-order valence-corrected chi connectivity index (χ3v) is 7.31. The van der Waals surface area contributed by atoms with Crippen LogP contribution in [-0.2, 0) is 0 Å². The van der Waals surface area contributed by atoms with E-state index in [9.17, 15) is 0 Å². The molecule has 1 aliphatic heterocycles. The molecule has 1 aliphatic carbocycles. The molecule has 1 aromatic carbocycles. The van der Waals surface area contributed by atoms with E-state index in [4.69, 9.17) is 23.8 Å². The van der Waals surface area contributed by atoms with Crippen LogP contribution in [0, 0.1) is 13.8 Å². The van der Waals surface area contributed by atoms with E-state index in [1.807, 2.05) is 24.4 Å². The van der Waals surface area contributed by atoms with Gasteiger partial charge in [-0.25, -0.2) is 0 Å². The summed E-state index contributed by atoms with van der Waals surface area (Å²) in [5.41, 5.74) is 5.91. The van der Waals surface area contributed by atoms with Gasteiger partial charge in [0.05, 0.1) is 17.8 Å². The molecule has 160 valence electrons. The minimum atomic E-state index is 0.0356. The molecule has 2 unspecified atom stereocenters. The van der Waals surface area contributed by atoms with E-state index in [1.54, 1.807) is 0 Å². The lowest BCUT2D eigenvalue weighted by atomic mass is 9.95. The maximum atomic E-state index is 6.14. The standard InChI is InChI=1S/C25H27ClN4S/c1-16-15-21(17(2)29(16)20-12-10-18(26)11-13-20)24-23(22-9-5-6-14-27-22)28-25(31)30(24)19-7-3-4-8-19/h5-6,9-15,19,23-24H,3-4,7-8H2,1-2H3,(H,28,31). The van der Waals surface area contributed by atoms with E-state index in [-0.39, 0.29) is 12.1 Å². The number of benzene rings is 1. The number of pyridine rings is 1. The molecule has 0 bridgehead atoms. The van der Waals surface area contributed by atoms with Crippen molar-refractivity contribution in [1.82, 2.24) is 19.8 Å². The summed E-state index contributed by atoms with van der Waals surface area (Å²) >= 11 is 12.0. The first-order chi connectivity index (χ1) is 15.0. The van der Waals surface area contributed by atoms with Gasteiger partial charge in [0, 0.05) is 34.3 Å². The van der Waals surface area contributed by atoms with Crippen molar-refractivity contribution in [3.8, 4) is 5.69 Å². The van der Waals surface area contributed by atoms with Crippen LogP contribution in [0.5, 0.6) is 0 Å². The molecule has 0 amide bonds. The van der Waals surface area contributed by atoms with Gasteiger partial charge < -0.3 is 14.8 Å². The van der Waals surface area contributed by atoms with Gasteiger partial charge in [-0.05, 0) is 86.9 Å². The van der Waals surface area contributed by atoms with Crippen molar-refractivity contribution in [2.45, 2.75) is 57.7 Å². The second kappa shape index (κ2) is 8.29. The molecule has 3 heterocycles. The Balaban J connectivity index is 1.63. The van der Waals surface area contributed by atoms with Crippen molar-refractivity contribution in [2.75, 3.05) is 0 Å². The lowest BCUT2D eigenvalue weighted by Crippen LogP contribution is -2.37. The monoisotopic (exact) mass is 450 g/mol. The summed E-state index contributed by atoms with van der Waals surface area (Å²) in [6, 6.07) is 17.1. The molecule has 0 radical (unpaired) electrons. The van der Waals surface area contributed by atoms with Gasteiger partial charge in [-0.1, -0.05) is 30.5 Å². The highest BCUT2D eigenvalue weighted by atomic mass is 35.5. The predicted molar refractivity (Wildman–Crippen MR) is 130 cm³/mol. The summed E-state index contributed by atoms with van der Waals surface area (Å²) in [5, 5.41) is 5.22. The number of aromatic nitrogens is 2. The van der Waals surface area contributed by atoms with Crippen molar-refractivity contribution in [2.24, 2.45) is 0 Å². The zero-order valence-electron chi connectivity index (χ0n) is 17.9. The molecule has 2 aromatic heterocycles. The fourth-order valence-corrected chi connectivity index (χ4v) is 5.86. The quantitative estimate of drug-likeness (QED) is 0.490. The Morgan fingerprint density at radius 1 is 1.06 bits per heavy atom. The van der Waals surface area contributed by atoms with Gasteiger partial charge in [0.15, 0.2) is 5.11 Å². The minimum Gasteiger partial charge on any atom is -0.352 e. The van der Waals surface area contributed by atoms with E-state index in [2.05, 4.69) is 63.9 Å². The Bertz CT molecular complexity index is 1090. The van der Waals surface area contributed by atoms with Crippen LogP contribution in [0.3, 0.4) is 0 Å². The number of aryl methyl sites for hydroxylation is 1. The zero-order valence-corrected chi connectivity index (χ0v) is 19.5. The lowest BCUT2D eigenvalue weighted by Gasteiger charge is -2.33. The fraction of sp³-hybridized carbons (Fsp3) is 0.360. The van der Waals surface area contributed by atoms with Crippen LogP contribution < -0.4 is 5.32 Å². The van der Waals surface area contributed by atoms with Crippen LogP contribution in [0.1, 0.15) is 60.4 Å². The molecule has 4 nitrogen and oxygen atoms in total. The number of nitrogens with zero attached hydrogens (tertiary/aromatic N) is 3. The predicted octanol–water partition coefficient (Wildman–Crippen LogP) is 6.06. The summed E-state index contributed by atoms with van der Waals surface area (Å²) in [4.78, 5) is 7.16. The van der Waals surface area contributed by atoms with E-state index in [1.165, 1.54) is 42.6 Å². The molecule has 31 heavy (non-hydrogen) atoms. The first kappa shape index (κ1) is 20.5. The number of halogens is 1. The van der Waals surface area contributed by atoms with Gasteiger partial charge in [0.2, 0.25) is 0 Å². The first-order valence-electron chi connectivity index (χ1n) is 11.0. The summed E-state index contributed by atoms with van der Waals surface area (Å²) in [5.74, 6) is 0. The molecule has 2 atom stereocenters. The second-order valence-electron chi connectivity index (χ2n) is 8.61. The third-order valence-electron chi connectivity index (χ3n) is 6.73. The first-order valence-corrected chi connectivity index (χ1v) is 11.8. The number of thiocarbonyl (C=S) groups is 1. The Hall–Kier alpha value is -2.37. The number of rotatable bonds is 4. The van der Waals surface area contributed by atoms with E-state index in [0.29, 0.717) is 6.04 Å². The second-order valence-corrected chi connectivity index (χ2v) is 9.43. The van der Waals surface area contributed by atoms with Crippen LogP contribution in [-0.4, -0.2) is 25.6 Å². The highest BCUT2D eigenvalue weighted by Gasteiger charge is 2.44. The molecular weight excluding hydrogens is 424 g/mol. The number of hydrogen-bond acceptors (Lipinski definition) is 2. The van der Waals surface area contributed by atoms with E-state index < -0.39 is 0 Å². The highest BCUT2D eigenvalue weighted by molar-refractivity contribution is 7.80. The summed E-state index contributed by atoms with van der Waals surface area (Å²) in [6.07, 6.45) is 6.81. The van der Waals surface area contributed by atoms with Crippen LogP contribution in [0.2, 0.25) is 5.02 Å². The Morgan fingerprint density at radius 2 is 1.81 bits per heavy atom. The highest BCUT2D eigenvalue weighted by Crippen LogP contribution is 2.44. The number of hydrogen-bond donors (Lipinski definition) is 1. The van der Waals surface area contributed by atoms with Gasteiger partial charge in [-0.2, -0.15) is 0 Å². The fourth-order valence-electron chi connectivity index (χ4n) is 5.35. The normalized spacial score (nSPS) is 21.6. The minimum absolute atomic E-state index is 0.0356. The molecule has 2 aliphatic rings. The Morgan fingerprint density at radius 3 is 2.48 bits per heavy atom. The van der Waals surface area contributed by atoms with Gasteiger partial charge in [-0.15, -0.1) is 0 Å². The van der Waals surface area contributed by atoms with Crippen LogP contribution in [0.25, 0.3) is 5.69 Å². The Labute approximate surface area is 194 Å². The molecule has 5 rings (SSSR count). The van der Waals surface area contributed by atoms with E-state index >= 15 is 0 Å². The van der Waals surface area contributed by atoms with Crippen molar-refractivity contribution in [3.63, 3.8) is 0 Å². The van der Waals surface area contributed by atoms with Crippen LogP contribution in [0.4, 0.5) is 0 Å². The molecule has 2 fully saturated rings.